The maximum absolute atomic E-state index is 11.7. The first-order valence-electron chi connectivity index (χ1n) is 9.50. The zero-order valence-electron chi connectivity index (χ0n) is 16.8. The molecule has 29 heavy (non-hydrogen) atoms. The number of amides is 1. The van der Waals surface area contributed by atoms with Gasteiger partial charge in [0.25, 0.3) is 0 Å². The number of aromatic nitrogens is 3. The van der Waals surface area contributed by atoms with Gasteiger partial charge in [0, 0.05) is 43.7 Å². The van der Waals surface area contributed by atoms with Crippen LogP contribution in [0.4, 0.5) is 11.6 Å². The molecule has 0 spiro atoms. The van der Waals surface area contributed by atoms with Crippen molar-refractivity contribution in [1.82, 2.24) is 19.9 Å². The quantitative estimate of drug-likeness (QED) is 0.703. The van der Waals surface area contributed by atoms with E-state index in [0.717, 1.165) is 45.1 Å². The van der Waals surface area contributed by atoms with E-state index >= 15 is 0 Å². The molecule has 0 aliphatic carbocycles. The second kappa shape index (κ2) is 7.92. The summed E-state index contributed by atoms with van der Waals surface area (Å²) in [6.45, 7) is 7.11. The third-order valence-electron chi connectivity index (χ3n) is 5.12. The van der Waals surface area contributed by atoms with Crippen LogP contribution in [-0.4, -0.2) is 59.1 Å². The molecule has 1 saturated heterocycles. The van der Waals surface area contributed by atoms with E-state index in [9.17, 15) is 4.79 Å². The van der Waals surface area contributed by atoms with Crippen LogP contribution >= 0.6 is 11.3 Å². The van der Waals surface area contributed by atoms with Crippen LogP contribution in [0.3, 0.4) is 0 Å². The minimum absolute atomic E-state index is 0.0370. The summed E-state index contributed by atoms with van der Waals surface area (Å²) in [6.07, 6.45) is 1.70. The van der Waals surface area contributed by atoms with E-state index in [4.69, 9.17) is 20.4 Å². The van der Waals surface area contributed by atoms with E-state index in [1.54, 1.807) is 35.4 Å². The smallest absolute Gasteiger partial charge is 0.219 e. The molecule has 0 unspecified atom stereocenters. The van der Waals surface area contributed by atoms with Gasteiger partial charge in [0.05, 0.1) is 30.0 Å². The Morgan fingerprint density at radius 2 is 2.07 bits per heavy atom. The fourth-order valence-corrected chi connectivity index (χ4v) is 4.57. The van der Waals surface area contributed by atoms with Crippen molar-refractivity contribution in [2.24, 2.45) is 0 Å². The number of fused-ring (bicyclic) bond motifs is 1. The number of anilines is 2. The molecular formula is C20H24N6O2S. The lowest BCUT2D eigenvalue weighted by molar-refractivity contribution is -0.128. The summed E-state index contributed by atoms with van der Waals surface area (Å²) < 4.78 is 6.56. The number of nitrogen functional groups attached to an aromatic ring is 1. The molecule has 3 aromatic rings. The molecule has 1 aliphatic heterocycles. The number of aryl methyl sites for hydroxylation is 1. The van der Waals surface area contributed by atoms with Gasteiger partial charge in [0.15, 0.2) is 11.6 Å². The minimum atomic E-state index is 0.0370. The molecule has 9 heteroatoms. The molecule has 1 fully saturated rings. The molecule has 8 nitrogen and oxygen atoms in total. The van der Waals surface area contributed by atoms with Gasteiger partial charge in [0.2, 0.25) is 5.91 Å². The minimum Gasteiger partial charge on any atom is -0.384 e. The van der Waals surface area contributed by atoms with Crippen LogP contribution < -0.4 is 10.6 Å². The van der Waals surface area contributed by atoms with Gasteiger partial charge in [-0.15, -0.1) is 11.3 Å². The van der Waals surface area contributed by atoms with E-state index in [2.05, 4.69) is 16.8 Å². The lowest BCUT2D eigenvalue weighted by Crippen LogP contribution is -2.36. The first kappa shape index (κ1) is 19.5. The molecular weight excluding hydrogens is 388 g/mol. The third-order valence-corrected chi connectivity index (χ3v) is 6.38. The first-order chi connectivity index (χ1) is 13.9. The number of ether oxygens (including phenoxy) is 1. The molecule has 1 amide bonds. The van der Waals surface area contributed by atoms with Gasteiger partial charge in [-0.3, -0.25) is 4.79 Å². The summed E-state index contributed by atoms with van der Waals surface area (Å²) in [5, 5.41) is 0. The highest BCUT2D eigenvalue weighted by Gasteiger charge is 2.23. The molecule has 2 N–H and O–H groups in total. The number of carbonyl (C=O) groups excluding carboxylic acids is 1. The van der Waals surface area contributed by atoms with E-state index in [-0.39, 0.29) is 5.91 Å². The van der Waals surface area contributed by atoms with Gasteiger partial charge < -0.3 is 20.3 Å². The van der Waals surface area contributed by atoms with Crippen molar-refractivity contribution in [3.63, 3.8) is 0 Å². The van der Waals surface area contributed by atoms with Crippen LogP contribution in [0.15, 0.2) is 18.3 Å². The Labute approximate surface area is 173 Å². The van der Waals surface area contributed by atoms with Gasteiger partial charge in [0.1, 0.15) is 5.82 Å². The molecule has 4 heterocycles. The van der Waals surface area contributed by atoms with E-state index in [1.165, 1.54) is 0 Å². The Morgan fingerprint density at radius 3 is 2.72 bits per heavy atom. The second-order valence-corrected chi connectivity index (χ2v) is 8.25. The molecule has 1 aliphatic rings. The fraction of sp³-hybridized carbons (Fsp3) is 0.400. The van der Waals surface area contributed by atoms with E-state index in [0.29, 0.717) is 31.4 Å². The van der Waals surface area contributed by atoms with E-state index < -0.39 is 0 Å². The molecule has 0 radical (unpaired) electrons. The summed E-state index contributed by atoms with van der Waals surface area (Å²) >= 11 is 1.66. The molecule has 3 aromatic heterocycles. The van der Waals surface area contributed by atoms with Gasteiger partial charge >= 0.3 is 0 Å². The molecule has 0 atom stereocenters. The standard InChI is InChI=1S/C20H24N6O2S/c1-12-15(11-25(3)13(2)27)29-18-17(12)23-19(14-4-5-16(21)22-10-14)24-20(18)26-6-8-28-9-7-26/h4-5,10H,6-9,11H2,1-3H3,(H2,21,22). The molecule has 0 bridgehead atoms. The number of rotatable bonds is 4. The SMILES string of the molecule is CC(=O)N(C)Cc1sc2c(N3CCOCC3)nc(-c3ccc(N)nc3)nc2c1C. The predicted molar refractivity (Wildman–Crippen MR) is 115 cm³/mol. The molecule has 0 saturated carbocycles. The first-order valence-corrected chi connectivity index (χ1v) is 10.3. The van der Waals surface area contributed by atoms with Gasteiger partial charge in [-0.05, 0) is 24.6 Å². The van der Waals surface area contributed by atoms with Gasteiger partial charge in [-0.2, -0.15) is 0 Å². The maximum atomic E-state index is 11.7. The van der Waals surface area contributed by atoms with Crippen molar-refractivity contribution in [3.05, 3.63) is 28.8 Å². The maximum Gasteiger partial charge on any atom is 0.219 e. The lowest BCUT2D eigenvalue weighted by Gasteiger charge is -2.28. The van der Waals surface area contributed by atoms with Gasteiger partial charge in [-0.25, -0.2) is 15.0 Å². The van der Waals surface area contributed by atoms with Crippen molar-refractivity contribution >= 4 is 39.1 Å². The van der Waals surface area contributed by atoms with Crippen molar-refractivity contribution in [3.8, 4) is 11.4 Å². The number of hydrogen-bond donors (Lipinski definition) is 1. The molecule has 0 aromatic carbocycles. The Kier molecular flexibility index (Phi) is 5.33. The predicted octanol–water partition coefficient (Wildman–Crippen LogP) is 2.46. The Balaban J connectivity index is 1.86. The van der Waals surface area contributed by atoms with Crippen molar-refractivity contribution in [1.29, 1.82) is 0 Å². The number of morpholine rings is 1. The summed E-state index contributed by atoms with van der Waals surface area (Å²) in [5.74, 6) is 2.04. The highest BCUT2D eigenvalue weighted by molar-refractivity contribution is 7.19. The van der Waals surface area contributed by atoms with E-state index in [1.807, 2.05) is 13.1 Å². The number of hydrogen-bond acceptors (Lipinski definition) is 8. The topological polar surface area (TPSA) is 97.5 Å². The van der Waals surface area contributed by atoms with Crippen LogP contribution in [0, 0.1) is 6.92 Å². The number of nitrogens with two attached hydrogens (primary N) is 1. The molecule has 4 rings (SSSR count). The van der Waals surface area contributed by atoms with Crippen LogP contribution in [0.25, 0.3) is 21.6 Å². The van der Waals surface area contributed by atoms with Gasteiger partial charge in [-0.1, -0.05) is 0 Å². The molecule has 152 valence electrons. The average molecular weight is 413 g/mol. The third kappa shape index (κ3) is 3.88. The van der Waals surface area contributed by atoms with Crippen LogP contribution in [0.5, 0.6) is 0 Å². The average Bonchev–Trinajstić information content (AvgIpc) is 3.04. The fourth-order valence-electron chi connectivity index (χ4n) is 3.25. The highest BCUT2D eigenvalue weighted by Crippen LogP contribution is 2.37. The Morgan fingerprint density at radius 1 is 1.31 bits per heavy atom. The number of thiophene rings is 1. The van der Waals surface area contributed by atoms with Crippen LogP contribution in [0.2, 0.25) is 0 Å². The zero-order chi connectivity index (χ0) is 20.5. The Hall–Kier alpha value is -2.78. The van der Waals surface area contributed by atoms with Crippen LogP contribution in [0.1, 0.15) is 17.4 Å². The van der Waals surface area contributed by atoms with Crippen molar-refractivity contribution in [2.75, 3.05) is 44.0 Å². The Bertz CT molecular complexity index is 1040. The van der Waals surface area contributed by atoms with Crippen LogP contribution in [-0.2, 0) is 16.1 Å². The summed E-state index contributed by atoms with van der Waals surface area (Å²) in [6, 6.07) is 3.64. The number of carbonyl (C=O) groups is 1. The normalized spacial score (nSPS) is 14.4. The second-order valence-electron chi connectivity index (χ2n) is 7.15. The zero-order valence-corrected chi connectivity index (χ0v) is 17.6. The highest BCUT2D eigenvalue weighted by atomic mass is 32.1. The number of pyridine rings is 1. The monoisotopic (exact) mass is 412 g/mol. The lowest BCUT2D eigenvalue weighted by atomic mass is 10.2. The van der Waals surface area contributed by atoms with Crippen molar-refractivity contribution < 1.29 is 9.53 Å². The largest absolute Gasteiger partial charge is 0.384 e. The van der Waals surface area contributed by atoms with Crippen molar-refractivity contribution in [2.45, 2.75) is 20.4 Å². The number of nitrogens with zero attached hydrogens (tertiary/aromatic N) is 5. The summed E-state index contributed by atoms with van der Waals surface area (Å²) in [7, 11) is 1.81. The summed E-state index contributed by atoms with van der Waals surface area (Å²) in [4.78, 5) is 30.7. The summed E-state index contributed by atoms with van der Waals surface area (Å²) in [5.41, 5.74) is 8.56.